The number of hydrogen-bond acceptors (Lipinski definition) is 2. The average molecular weight is 427 g/mol. The Morgan fingerprint density at radius 2 is 1.71 bits per heavy atom. The SMILES string of the molecule is C=CCOc1c(-c2ccccc2)cc(C)cc1[Si](C)(C)C1C(OC)=Cc2ccccc21. The minimum atomic E-state index is -2.12. The molecular weight excluding hydrogens is 396 g/mol. The number of aryl methyl sites for hydroxylation is 1. The van der Waals surface area contributed by atoms with E-state index in [1.54, 1.807) is 7.11 Å². The molecule has 0 aromatic heterocycles. The highest BCUT2D eigenvalue weighted by Gasteiger charge is 2.43. The average Bonchev–Trinajstić information content (AvgIpc) is 3.18. The molecule has 0 saturated carbocycles. The van der Waals surface area contributed by atoms with Crippen molar-refractivity contribution < 1.29 is 9.47 Å². The van der Waals surface area contributed by atoms with Crippen molar-refractivity contribution in [2.24, 2.45) is 0 Å². The Kier molecular flexibility index (Phi) is 5.88. The van der Waals surface area contributed by atoms with Crippen LogP contribution >= 0.6 is 0 Å². The van der Waals surface area contributed by atoms with E-state index in [1.165, 1.54) is 27.4 Å². The highest BCUT2D eigenvalue weighted by Crippen LogP contribution is 2.44. The summed E-state index contributed by atoms with van der Waals surface area (Å²) < 4.78 is 12.3. The maximum Gasteiger partial charge on any atom is 0.126 e. The van der Waals surface area contributed by atoms with Gasteiger partial charge in [0.15, 0.2) is 0 Å². The minimum absolute atomic E-state index is 0.241. The van der Waals surface area contributed by atoms with E-state index in [0.717, 1.165) is 17.1 Å². The molecule has 1 unspecified atom stereocenters. The lowest BCUT2D eigenvalue weighted by Crippen LogP contribution is -2.49. The van der Waals surface area contributed by atoms with E-state index in [-0.39, 0.29) is 5.54 Å². The van der Waals surface area contributed by atoms with Crippen LogP contribution in [0.15, 0.2) is 85.1 Å². The molecular formula is C28H30O2Si. The molecule has 158 valence electrons. The molecule has 3 aromatic carbocycles. The lowest BCUT2D eigenvalue weighted by atomic mass is 10.0. The summed E-state index contributed by atoms with van der Waals surface area (Å²) in [5.74, 6) is 2.03. The van der Waals surface area contributed by atoms with E-state index in [4.69, 9.17) is 9.47 Å². The molecule has 0 radical (unpaired) electrons. The van der Waals surface area contributed by atoms with Crippen LogP contribution in [0.1, 0.15) is 22.2 Å². The summed E-state index contributed by atoms with van der Waals surface area (Å²) in [6, 6.07) is 23.7. The zero-order valence-electron chi connectivity index (χ0n) is 18.8. The Morgan fingerprint density at radius 3 is 2.42 bits per heavy atom. The van der Waals surface area contributed by atoms with Gasteiger partial charge in [0.05, 0.1) is 7.11 Å². The topological polar surface area (TPSA) is 18.5 Å². The second-order valence-electron chi connectivity index (χ2n) is 8.69. The van der Waals surface area contributed by atoms with Crippen LogP contribution < -0.4 is 9.92 Å². The van der Waals surface area contributed by atoms with Crippen molar-refractivity contribution in [3.8, 4) is 16.9 Å². The molecule has 0 heterocycles. The van der Waals surface area contributed by atoms with E-state index in [0.29, 0.717) is 6.61 Å². The van der Waals surface area contributed by atoms with E-state index in [9.17, 15) is 0 Å². The zero-order valence-corrected chi connectivity index (χ0v) is 19.8. The molecule has 3 aromatic rings. The number of benzene rings is 3. The van der Waals surface area contributed by atoms with Crippen molar-refractivity contribution in [1.29, 1.82) is 0 Å². The zero-order chi connectivity index (χ0) is 22.0. The Balaban J connectivity index is 1.93. The molecule has 0 aliphatic heterocycles. The Morgan fingerprint density at radius 1 is 1.00 bits per heavy atom. The number of allylic oxidation sites excluding steroid dienone is 1. The van der Waals surface area contributed by atoms with Crippen LogP contribution in [-0.2, 0) is 4.74 Å². The first-order chi connectivity index (χ1) is 15.0. The van der Waals surface area contributed by atoms with Crippen LogP contribution in [0.25, 0.3) is 17.2 Å². The smallest absolute Gasteiger partial charge is 0.126 e. The summed E-state index contributed by atoms with van der Waals surface area (Å²) in [7, 11) is -0.337. The first-order valence-electron chi connectivity index (χ1n) is 10.8. The number of fused-ring (bicyclic) bond motifs is 1. The highest BCUT2D eigenvalue weighted by atomic mass is 28.3. The maximum absolute atomic E-state index is 6.39. The van der Waals surface area contributed by atoms with Crippen molar-refractivity contribution in [2.45, 2.75) is 25.6 Å². The van der Waals surface area contributed by atoms with Crippen molar-refractivity contribution in [3.05, 3.63) is 102 Å². The fourth-order valence-corrected chi connectivity index (χ4v) is 8.41. The second kappa shape index (κ2) is 8.60. The molecule has 0 spiro atoms. The molecule has 31 heavy (non-hydrogen) atoms. The molecule has 0 amide bonds. The first kappa shape index (κ1) is 21.2. The van der Waals surface area contributed by atoms with Gasteiger partial charge in [0.2, 0.25) is 0 Å². The summed E-state index contributed by atoms with van der Waals surface area (Å²) in [6.07, 6.45) is 4.02. The van der Waals surface area contributed by atoms with Gasteiger partial charge in [0, 0.05) is 11.1 Å². The molecule has 3 heteroatoms. The van der Waals surface area contributed by atoms with Crippen molar-refractivity contribution in [1.82, 2.24) is 0 Å². The molecule has 0 bridgehead atoms. The summed E-state index contributed by atoms with van der Waals surface area (Å²) in [5, 5.41) is 1.32. The fraction of sp³-hybridized carbons (Fsp3) is 0.214. The molecule has 0 saturated heterocycles. The van der Waals surface area contributed by atoms with Crippen molar-refractivity contribution >= 4 is 19.3 Å². The largest absolute Gasteiger partial charge is 0.501 e. The van der Waals surface area contributed by atoms with Crippen LogP contribution in [-0.4, -0.2) is 21.8 Å². The number of rotatable bonds is 7. The van der Waals surface area contributed by atoms with E-state index in [2.05, 4.69) is 93.3 Å². The summed E-state index contributed by atoms with van der Waals surface area (Å²) in [4.78, 5) is 0. The molecule has 1 aliphatic rings. The third-order valence-corrected chi connectivity index (χ3v) is 10.0. The summed E-state index contributed by atoms with van der Waals surface area (Å²) >= 11 is 0. The predicted molar refractivity (Wildman–Crippen MR) is 134 cm³/mol. The van der Waals surface area contributed by atoms with E-state index < -0.39 is 8.07 Å². The number of methoxy groups -OCH3 is 1. The summed E-state index contributed by atoms with van der Waals surface area (Å²) in [6.45, 7) is 11.4. The normalized spacial score (nSPS) is 15.2. The van der Waals surface area contributed by atoms with Gasteiger partial charge < -0.3 is 9.47 Å². The van der Waals surface area contributed by atoms with Crippen LogP contribution in [0.3, 0.4) is 0 Å². The Bertz CT molecular complexity index is 1130. The third kappa shape index (κ3) is 3.86. The molecule has 0 N–H and O–H groups in total. The fourth-order valence-electron chi connectivity index (χ4n) is 4.75. The van der Waals surface area contributed by atoms with Crippen LogP contribution in [0.4, 0.5) is 0 Å². The van der Waals surface area contributed by atoms with Gasteiger partial charge >= 0.3 is 0 Å². The van der Waals surface area contributed by atoms with E-state index in [1.807, 2.05) is 12.1 Å². The second-order valence-corrected chi connectivity index (χ2v) is 13.2. The Hall–Kier alpha value is -3.04. The van der Waals surface area contributed by atoms with Gasteiger partial charge in [-0.1, -0.05) is 92.0 Å². The molecule has 1 aliphatic carbocycles. The molecule has 1 atom stereocenters. The van der Waals surface area contributed by atoms with Gasteiger partial charge in [0.25, 0.3) is 0 Å². The lowest BCUT2D eigenvalue weighted by molar-refractivity contribution is 0.285. The minimum Gasteiger partial charge on any atom is -0.501 e. The first-order valence-corrected chi connectivity index (χ1v) is 13.8. The van der Waals surface area contributed by atoms with Gasteiger partial charge in [-0.3, -0.25) is 0 Å². The van der Waals surface area contributed by atoms with Gasteiger partial charge in [0.1, 0.15) is 26.2 Å². The standard InChI is InChI=1S/C28H30O2Si/c1-6-16-30-27-24(21-12-8-7-9-13-21)17-20(2)18-26(27)31(4,5)28-23-15-11-10-14-22(23)19-25(28)29-3/h6-15,17-19,28H,1,16H2,2-5H3. The Labute approximate surface area is 186 Å². The van der Waals surface area contributed by atoms with Gasteiger partial charge in [-0.15, -0.1) is 0 Å². The number of hydrogen-bond donors (Lipinski definition) is 0. The van der Waals surface area contributed by atoms with Gasteiger partial charge in [-0.2, -0.15) is 0 Å². The lowest BCUT2D eigenvalue weighted by Gasteiger charge is -2.34. The highest BCUT2D eigenvalue weighted by molar-refractivity contribution is 6.92. The quantitative estimate of drug-likeness (QED) is 0.318. The van der Waals surface area contributed by atoms with Crippen LogP contribution in [0.2, 0.25) is 13.1 Å². The maximum atomic E-state index is 6.39. The number of ether oxygens (including phenoxy) is 2. The van der Waals surface area contributed by atoms with E-state index >= 15 is 0 Å². The van der Waals surface area contributed by atoms with Gasteiger partial charge in [-0.05, 0) is 40.9 Å². The monoisotopic (exact) mass is 426 g/mol. The summed E-state index contributed by atoms with van der Waals surface area (Å²) in [5.41, 5.74) is 6.42. The molecule has 4 rings (SSSR count). The predicted octanol–water partition coefficient (Wildman–Crippen LogP) is 6.47. The van der Waals surface area contributed by atoms with Gasteiger partial charge in [-0.25, -0.2) is 0 Å². The third-order valence-electron chi connectivity index (χ3n) is 6.20. The van der Waals surface area contributed by atoms with Crippen LogP contribution in [0.5, 0.6) is 5.75 Å². The molecule has 2 nitrogen and oxygen atoms in total. The molecule has 0 fully saturated rings. The van der Waals surface area contributed by atoms with Crippen molar-refractivity contribution in [2.75, 3.05) is 13.7 Å². The van der Waals surface area contributed by atoms with Crippen LogP contribution in [0, 0.1) is 6.92 Å². The van der Waals surface area contributed by atoms with Crippen molar-refractivity contribution in [3.63, 3.8) is 0 Å².